The molecule has 1 aromatic carbocycles. The van der Waals surface area contributed by atoms with E-state index in [0.29, 0.717) is 58.2 Å². The Hall–Kier alpha value is -3.14. The van der Waals surface area contributed by atoms with Crippen LogP contribution in [-0.2, 0) is 25.6 Å². The second-order valence-electron chi connectivity index (χ2n) is 9.38. The molecule has 10 heteroatoms. The first-order valence-electron chi connectivity index (χ1n) is 12.0. The van der Waals surface area contributed by atoms with Crippen molar-refractivity contribution in [3.8, 4) is 5.75 Å². The lowest BCUT2D eigenvalue weighted by atomic mass is 10.0. The zero-order valence-electron chi connectivity index (χ0n) is 19.1. The van der Waals surface area contributed by atoms with Crippen LogP contribution >= 0.6 is 0 Å². The average Bonchev–Trinajstić information content (AvgIpc) is 3.59. The van der Waals surface area contributed by atoms with Gasteiger partial charge in [0.1, 0.15) is 23.9 Å². The number of carboxylic acid groups (broad SMARTS) is 1. The lowest BCUT2D eigenvalue weighted by molar-refractivity contribution is -0.153. The minimum absolute atomic E-state index is 0.132. The zero-order valence-corrected chi connectivity index (χ0v) is 19.1. The number of nitrogens with two attached hydrogens (primary N) is 1. The number of nitrogens with zero attached hydrogens (tertiary/aromatic N) is 3. The van der Waals surface area contributed by atoms with Crippen LogP contribution in [0, 0.1) is 0 Å². The lowest BCUT2D eigenvalue weighted by Gasteiger charge is -2.34. The van der Waals surface area contributed by atoms with Gasteiger partial charge in [-0.15, -0.1) is 0 Å². The molecule has 34 heavy (non-hydrogen) atoms. The molecule has 4 rings (SSSR count). The van der Waals surface area contributed by atoms with Gasteiger partial charge in [-0.05, 0) is 62.6 Å². The first-order valence-corrected chi connectivity index (χ1v) is 12.0. The Morgan fingerprint density at radius 3 is 1.85 bits per heavy atom. The number of aromatic hydroxyl groups is 1. The van der Waals surface area contributed by atoms with Crippen molar-refractivity contribution in [2.45, 2.75) is 69.1 Å². The van der Waals surface area contributed by atoms with Crippen LogP contribution in [0.25, 0.3) is 0 Å². The molecular weight excluding hydrogens is 440 g/mol. The molecule has 0 aliphatic carbocycles. The molecule has 0 radical (unpaired) electrons. The van der Waals surface area contributed by atoms with Crippen LogP contribution in [0.5, 0.6) is 5.75 Å². The summed E-state index contributed by atoms with van der Waals surface area (Å²) in [6.45, 7) is 1.23. The summed E-state index contributed by atoms with van der Waals surface area (Å²) in [5, 5.41) is 18.9. The van der Waals surface area contributed by atoms with Gasteiger partial charge in [0.25, 0.3) is 0 Å². The summed E-state index contributed by atoms with van der Waals surface area (Å²) < 4.78 is 0. The number of likely N-dealkylation sites (tertiary alicyclic amines) is 3. The van der Waals surface area contributed by atoms with E-state index in [1.807, 2.05) is 0 Å². The number of carboxylic acids is 1. The van der Waals surface area contributed by atoms with E-state index in [-0.39, 0.29) is 29.9 Å². The van der Waals surface area contributed by atoms with Crippen LogP contribution in [0.3, 0.4) is 0 Å². The molecule has 4 N–H and O–H groups in total. The van der Waals surface area contributed by atoms with E-state index >= 15 is 0 Å². The molecule has 0 saturated carbocycles. The van der Waals surface area contributed by atoms with Gasteiger partial charge in [0, 0.05) is 19.6 Å². The Kier molecular flexibility index (Phi) is 7.06. The van der Waals surface area contributed by atoms with Gasteiger partial charge in [0.15, 0.2) is 0 Å². The number of benzene rings is 1. The number of amides is 3. The van der Waals surface area contributed by atoms with Gasteiger partial charge in [0.2, 0.25) is 17.7 Å². The third kappa shape index (κ3) is 4.72. The maximum atomic E-state index is 13.5. The number of phenols is 1. The van der Waals surface area contributed by atoms with E-state index in [1.54, 1.807) is 17.0 Å². The molecule has 3 fully saturated rings. The van der Waals surface area contributed by atoms with E-state index in [4.69, 9.17) is 5.73 Å². The fraction of sp³-hybridized carbons (Fsp3) is 0.583. The number of carbonyl (C=O) groups is 4. The smallest absolute Gasteiger partial charge is 0.326 e. The SMILES string of the molecule is NC(Cc1ccc(O)cc1)C(=O)N1CCCC1C(=O)N1CCCC1C(=O)N1CCCC1C(=O)O. The standard InChI is InChI=1S/C24H32N4O6/c25-17(14-15-7-9-16(29)10-8-15)21(30)26-11-1-4-18(26)22(31)27-12-2-5-19(27)23(32)28-13-3-6-20(28)24(33)34/h7-10,17-20,29H,1-6,11-14,25H2,(H,33,34). The molecule has 4 atom stereocenters. The second-order valence-corrected chi connectivity index (χ2v) is 9.38. The number of carbonyl (C=O) groups excluding carboxylic acids is 3. The minimum atomic E-state index is -1.02. The third-order valence-corrected chi connectivity index (χ3v) is 7.17. The topological polar surface area (TPSA) is 144 Å². The summed E-state index contributed by atoms with van der Waals surface area (Å²) in [5.41, 5.74) is 7.00. The number of hydrogen-bond donors (Lipinski definition) is 3. The number of aliphatic carboxylic acids is 1. The van der Waals surface area contributed by atoms with Crippen molar-refractivity contribution < 1.29 is 29.4 Å². The van der Waals surface area contributed by atoms with E-state index in [2.05, 4.69) is 0 Å². The highest BCUT2D eigenvalue weighted by Crippen LogP contribution is 2.28. The number of hydrogen-bond acceptors (Lipinski definition) is 6. The van der Waals surface area contributed by atoms with Crippen molar-refractivity contribution in [3.63, 3.8) is 0 Å². The van der Waals surface area contributed by atoms with Crippen LogP contribution in [0.2, 0.25) is 0 Å². The Balaban J connectivity index is 1.43. The predicted molar refractivity (Wildman–Crippen MR) is 122 cm³/mol. The van der Waals surface area contributed by atoms with Crippen molar-refractivity contribution in [1.29, 1.82) is 0 Å². The summed E-state index contributed by atoms with van der Waals surface area (Å²) >= 11 is 0. The van der Waals surface area contributed by atoms with E-state index < -0.39 is 30.1 Å². The molecule has 0 bridgehead atoms. The minimum Gasteiger partial charge on any atom is -0.508 e. The first-order chi connectivity index (χ1) is 16.3. The van der Waals surface area contributed by atoms with Crippen molar-refractivity contribution >= 4 is 23.7 Å². The van der Waals surface area contributed by atoms with Crippen molar-refractivity contribution in [3.05, 3.63) is 29.8 Å². The Morgan fingerprint density at radius 1 is 0.824 bits per heavy atom. The van der Waals surface area contributed by atoms with Crippen LogP contribution in [0.4, 0.5) is 0 Å². The van der Waals surface area contributed by atoms with Gasteiger partial charge in [-0.3, -0.25) is 14.4 Å². The molecule has 3 aliphatic heterocycles. The predicted octanol–water partition coefficient (Wildman–Crippen LogP) is 0.320. The highest BCUT2D eigenvalue weighted by Gasteiger charge is 2.45. The van der Waals surface area contributed by atoms with Crippen LogP contribution in [-0.4, -0.2) is 92.4 Å². The maximum Gasteiger partial charge on any atom is 0.326 e. The molecule has 3 amide bonds. The molecule has 3 aliphatic rings. The van der Waals surface area contributed by atoms with Crippen molar-refractivity contribution in [2.24, 2.45) is 5.73 Å². The quantitative estimate of drug-likeness (QED) is 0.541. The van der Waals surface area contributed by atoms with Crippen molar-refractivity contribution in [2.75, 3.05) is 19.6 Å². The molecule has 3 saturated heterocycles. The van der Waals surface area contributed by atoms with Gasteiger partial charge in [0.05, 0.1) is 6.04 Å². The summed E-state index contributed by atoms with van der Waals surface area (Å²) in [7, 11) is 0. The third-order valence-electron chi connectivity index (χ3n) is 7.17. The molecule has 3 heterocycles. The second kappa shape index (κ2) is 10.0. The van der Waals surface area contributed by atoms with Gasteiger partial charge in [-0.1, -0.05) is 12.1 Å². The maximum absolute atomic E-state index is 13.5. The average molecular weight is 473 g/mol. The molecule has 0 spiro atoms. The first kappa shape index (κ1) is 24.0. The summed E-state index contributed by atoms with van der Waals surface area (Å²) in [6, 6.07) is 3.47. The Labute approximate surface area is 198 Å². The Morgan fingerprint density at radius 2 is 1.29 bits per heavy atom. The normalized spacial score (nSPS) is 25.6. The highest BCUT2D eigenvalue weighted by atomic mass is 16.4. The Bertz CT molecular complexity index is 951. The highest BCUT2D eigenvalue weighted by molar-refractivity contribution is 5.95. The van der Waals surface area contributed by atoms with Gasteiger partial charge in [-0.25, -0.2) is 4.79 Å². The van der Waals surface area contributed by atoms with Crippen LogP contribution < -0.4 is 5.73 Å². The van der Waals surface area contributed by atoms with E-state index in [1.165, 1.54) is 21.9 Å². The van der Waals surface area contributed by atoms with E-state index in [9.17, 15) is 29.4 Å². The van der Waals surface area contributed by atoms with Crippen LogP contribution in [0.15, 0.2) is 24.3 Å². The summed E-state index contributed by atoms with van der Waals surface area (Å²) in [6.07, 6.45) is 3.68. The van der Waals surface area contributed by atoms with Crippen molar-refractivity contribution in [1.82, 2.24) is 14.7 Å². The van der Waals surface area contributed by atoms with E-state index in [0.717, 1.165) is 5.56 Å². The molecule has 4 unspecified atom stereocenters. The van der Waals surface area contributed by atoms with Gasteiger partial charge >= 0.3 is 5.97 Å². The fourth-order valence-corrected chi connectivity index (χ4v) is 5.43. The van der Waals surface area contributed by atoms with Crippen LogP contribution in [0.1, 0.15) is 44.1 Å². The molecule has 1 aromatic rings. The zero-order chi connectivity index (χ0) is 24.4. The largest absolute Gasteiger partial charge is 0.508 e. The number of phenolic OH excluding ortho intramolecular Hbond substituents is 1. The lowest BCUT2D eigenvalue weighted by Crippen LogP contribution is -2.56. The molecule has 10 nitrogen and oxygen atoms in total. The molecule has 184 valence electrons. The summed E-state index contributed by atoms with van der Waals surface area (Å²) in [5.74, 6) is -1.76. The summed E-state index contributed by atoms with van der Waals surface area (Å²) in [4.78, 5) is 55.8. The molecule has 0 aromatic heterocycles. The monoisotopic (exact) mass is 472 g/mol. The number of rotatable bonds is 6. The van der Waals surface area contributed by atoms with Gasteiger partial charge < -0.3 is 30.6 Å². The fourth-order valence-electron chi connectivity index (χ4n) is 5.43. The van der Waals surface area contributed by atoms with Gasteiger partial charge in [-0.2, -0.15) is 0 Å². The molecular formula is C24H32N4O6.